The highest BCUT2D eigenvalue weighted by Crippen LogP contribution is 2.36. The maximum atomic E-state index is 12.7. The van der Waals surface area contributed by atoms with Gasteiger partial charge in [0, 0.05) is 12.1 Å². The van der Waals surface area contributed by atoms with E-state index in [9.17, 15) is 4.79 Å². The summed E-state index contributed by atoms with van der Waals surface area (Å²) in [7, 11) is 7.95. The fraction of sp³-hybridized carbons (Fsp3) is 0.222. The topological polar surface area (TPSA) is 75.3 Å². The smallest absolute Gasteiger partial charge is 0.228 e. The molecule has 34 heavy (non-hydrogen) atoms. The average molecular weight is 464 g/mol. The van der Waals surface area contributed by atoms with Gasteiger partial charge in [-0.1, -0.05) is 18.2 Å². The number of carbonyl (C=O) groups excluding carboxylic acids is 1. The highest BCUT2D eigenvalue weighted by molar-refractivity contribution is 5.94. The molecule has 1 amide bonds. The third kappa shape index (κ3) is 5.81. The zero-order chi connectivity index (χ0) is 24.5. The molecule has 0 aliphatic heterocycles. The largest absolute Gasteiger partial charge is 0.497 e. The van der Waals surface area contributed by atoms with Crippen molar-refractivity contribution in [1.82, 2.24) is 0 Å². The van der Waals surface area contributed by atoms with Crippen LogP contribution in [0.3, 0.4) is 0 Å². The van der Waals surface area contributed by atoms with Crippen LogP contribution in [0.5, 0.6) is 28.7 Å². The van der Waals surface area contributed by atoms with Crippen LogP contribution in [0, 0.1) is 0 Å². The Labute approximate surface area is 199 Å². The van der Waals surface area contributed by atoms with Gasteiger partial charge in [0.05, 0.1) is 35.5 Å². The van der Waals surface area contributed by atoms with Crippen molar-refractivity contribution >= 4 is 17.2 Å². The average Bonchev–Trinajstić information content (AvgIpc) is 2.88. The lowest BCUT2D eigenvalue weighted by Crippen LogP contribution is -2.10. The number of hydrogen-bond acceptors (Lipinski definition) is 6. The lowest BCUT2D eigenvalue weighted by molar-refractivity contribution is -0.115. The number of anilines is 1. The highest BCUT2D eigenvalue weighted by Gasteiger charge is 2.14. The Morgan fingerprint density at radius 2 is 1.18 bits per heavy atom. The summed E-state index contributed by atoms with van der Waals surface area (Å²) in [6.07, 6.45) is 2.03. The van der Waals surface area contributed by atoms with Crippen molar-refractivity contribution in [3.63, 3.8) is 0 Å². The van der Waals surface area contributed by atoms with Crippen LogP contribution in [0.15, 0.2) is 66.7 Å². The second-order valence-corrected chi connectivity index (χ2v) is 7.24. The maximum absolute atomic E-state index is 12.7. The number of benzene rings is 3. The molecule has 7 nitrogen and oxygen atoms in total. The Kier molecular flexibility index (Phi) is 8.40. The minimum absolute atomic E-state index is 0.149. The Balaban J connectivity index is 1.95. The third-order valence-electron chi connectivity index (χ3n) is 5.25. The number of ether oxygens (including phenoxy) is 5. The van der Waals surface area contributed by atoms with Gasteiger partial charge in [0.2, 0.25) is 5.91 Å². The molecule has 3 rings (SSSR count). The zero-order valence-corrected chi connectivity index (χ0v) is 20.0. The van der Waals surface area contributed by atoms with Crippen LogP contribution < -0.4 is 29.0 Å². The molecule has 3 aromatic carbocycles. The monoisotopic (exact) mass is 463 g/mol. The predicted octanol–water partition coefficient (Wildman–Crippen LogP) is 5.19. The molecule has 0 saturated carbocycles. The number of nitrogens with one attached hydrogen (secondary N) is 1. The SMILES string of the molecule is COc1ccc(NC(=O)CC=C(c2ccc(OC)c(OC)c2)c2ccc(OC)c(OC)c2)cc1. The Bertz CT molecular complexity index is 1100. The van der Waals surface area contributed by atoms with E-state index in [0.29, 0.717) is 28.7 Å². The number of hydrogen-bond donors (Lipinski definition) is 1. The molecule has 0 atom stereocenters. The van der Waals surface area contributed by atoms with E-state index < -0.39 is 0 Å². The van der Waals surface area contributed by atoms with Crippen LogP contribution in [-0.4, -0.2) is 41.5 Å². The standard InChI is InChI=1S/C27H29NO6/c1-30-21-10-8-20(9-11-21)28-27(29)15-12-22(18-6-13-23(31-2)25(16-18)33-4)19-7-14-24(32-3)26(17-19)34-5/h6-14,16-17H,15H2,1-5H3,(H,28,29). The molecule has 0 aliphatic rings. The van der Waals surface area contributed by atoms with E-state index in [-0.39, 0.29) is 12.3 Å². The van der Waals surface area contributed by atoms with E-state index in [1.807, 2.05) is 42.5 Å². The lowest BCUT2D eigenvalue weighted by Gasteiger charge is -2.15. The number of carbonyl (C=O) groups is 1. The minimum Gasteiger partial charge on any atom is -0.497 e. The first-order valence-corrected chi connectivity index (χ1v) is 10.6. The van der Waals surface area contributed by atoms with Gasteiger partial charge in [-0.15, -0.1) is 0 Å². The summed E-state index contributed by atoms with van der Waals surface area (Å²) in [6.45, 7) is 0. The second-order valence-electron chi connectivity index (χ2n) is 7.24. The van der Waals surface area contributed by atoms with Gasteiger partial charge in [-0.3, -0.25) is 4.79 Å². The molecule has 0 aliphatic carbocycles. The van der Waals surface area contributed by atoms with Crippen LogP contribution >= 0.6 is 0 Å². The summed E-state index contributed by atoms with van der Waals surface area (Å²) in [5.41, 5.74) is 3.26. The summed E-state index contributed by atoms with van der Waals surface area (Å²) < 4.78 is 26.9. The van der Waals surface area contributed by atoms with Crippen molar-refractivity contribution in [3.05, 3.63) is 77.9 Å². The van der Waals surface area contributed by atoms with Crippen molar-refractivity contribution in [2.45, 2.75) is 6.42 Å². The summed E-state index contributed by atoms with van der Waals surface area (Å²) in [5.74, 6) is 3.00. The quantitative estimate of drug-likeness (QED) is 0.446. The van der Waals surface area contributed by atoms with Crippen molar-refractivity contribution in [3.8, 4) is 28.7 Å². The summed E-state index contributed by atoms with van der Waals surface area (Å²) in [6, 6.07) is 18.4. The van der Waals surface area contributed by atoms with Crippen LogP contribution in [0.25, 0.3) is 5.57 Å². The summed E-state index contributed by atoms with van der Waals surface area (Å²) in [4.78, 5) is 12.7. The van der Waals surface area contributed by atoms with Crippen molar-refractivity contribution in [2.75, 3.05) is 40.9 Å². The van der Waals surface area contributed by atoms with Crippen LogP contribution in [-0.2, 0) is 4.79 Å². The Morgan fingerprint density at radius 3 is 1.62 bits per heavy atom. The molecule has 7 heteroatoms. The van der Waals surface area contributed by atoms with Gasteiger partial charge in [0.25, 0.3) is 0 Å². The Morgan fingerprint density at radius 1 is 0.676 bits per heavy atom. The van der Waals surface area contributed by atoms with Gasteiger partial charge in [0.15, 0.2) is 23.0 Å². The number of amides is 1. The molecule has 0 bridgehead atoms. The van der Waals surface area contributed by atoms with E-state index in [0.717, 1.165) is 22.4 Å². The van der Waals surface area contributed by atoms with Gasteiger partial charge in [-0.25, -0.2) is 0 Å². The van der Waals surface area contributed by atoms with Gasteiger partial charge in [0.1, 0.15) is 5.75 Å². The normalized spacial score (nSPS) is 10.1. The molecule has 0 fully saturated rings. The van der Waals surface area contributed by atoms with Crippen molar-refractivity contribution in [2.24, 2.45) is 0 Å². The molecular formula is C27H29NO6. The first-order chi connectivity index (χ1) is 16.5. The molecule has 0 heterocycles. The van der Waals surface area contributed by atoms with E-state index in [1.165, 1.54) is 0 Å². The first-order valence-electron chi connectivity index (χ1n) is 10.6. The van der Waals surface area contributed by atoms with Crippen molar-refractivity contribution in [1.29, 1.82) is 0 Å². The van der Waals surface area contributed by atoms with E-state index in [4.69, 9.17) is 23.7 Å². The van der Waals surface area contributed by atoms with E-state index >= 15 is 0 Å². The molecule has 0 unspecified atom stereocenters. The number of rotatable bonds is 10. The fourth-order valence-corrected chi connectivity index (χ4v) is 3.49. The van der Waals surface area contributed by atoms with Crippen LogP contribution in [0.2, 0.25) is 0 Å². The van der Waals surface area contributed by atoms with Gasteiger partial charge in [-0.05, 0) is 65.2 Å². The molecule has 178 valence electrons. The molecule has 3 aromatic rings. The molecular weight excluding hydrogens is 434 g/mol. The predicted molar refractivity (Wildman–Crippen MR) is 132 cm³/mol. The lowest BCUT2D eigenvalue weighted by atomic mass is 9.96. The molecule has 0 saturated heterocycles. The van der Waals surface area contributed by atoms with Gasteiger partial charge < -0.3 is 29.0 Å². The fourth-order valence-electron chi connectivity index (χ4n) is 3.49. The molecule has 1 N–H and O–H groups in total. The first kappa shape index (κ1) is 24.5. The molecule has 0 radical (unpaired) electrons. The summed E-state index contributed by atoms with van der Waals surface area (Å²) in [5, 5.41) is 2.90. The number of methoxy groups -OCH3 is 5. The van der Waals surface area contributed by atoms with E-state index in [2.05, 4.69) is 5.32 Å². The molecule has 0 spiro atoms. The zero-order valence-electron chi connectivity index (χ0n) is 20.0. The third-order valence-corrected chi connectivity index (χ3v) is 5.25. The van der Waals surface area contributed by atoms with Crippen LogP contribution in [0.4, 0.5) is 5.69 Å². The minimum atomic E-state index is -0.149. The highest BCUT2D eigenvalue weighted by atomic mass is 16.5. The Hall–Kier alpha value is -4.13. The maximum Gasteiger partial charge on any atom is 0.228 e. The van der Waals surface area contributed by atoms with E-state index in [1.54, 1.807) is 59.8 Å². The second kappa shape index (κ2) is 11.7. The van der Waals surface area contributed by atoms with Gasteiger partial charge >= 0.3 is 0 Å². The summed E-state index contributed by atoms with van der Waals surface area (Å²) >= 11 is 0. The van der Waals surface area contributed by atoms with Crippen LogP contribution in [0.1, 0.15) is 17.5 Å². The van der Waals surface area contributed by atoms with Gasteiger partial charge in [-0.2, -0.15) is 0 Å². The van der Waals surface area contributed by atoms with Crippen molar-refractivity contribution < 1.29 is 28.5 Å². The molecule has 0 aromatic heterocycles.